The molecule has 2 aromatic heterocycles. The fourth-order valence-electron chi connectivity index (χ4n) is 1.98. The van der Waals surface area contributed by atoms with Crippen molar-refractivity contribution in [2.24, 2.45) is 0 Å². The van der Waals surface area contributed by atoms with Gasteiger partial charge in [0, 0.05) is 29.0 Å². The summed E-state index contributed by atoms with van der Waals surface area (Å²) in [5.74, 6) is 0. The fraction of sp³-hybridized carbons (Fsp3) is 0.0714. The third kappa shape index (κ3) is 1.78. The van der Waals surface area contributed by atoms with Crippen LogP contribution in [0.4, 0.5) is 5.69 Å². The first-order valence-electron chi connectivity index (χ1n) is 5.66. The Labute approximate surface area is 105 Å². The first kappa shape index (κ1) is 10.7. The minimum absolute atomic E-state index is 0.704. The van der Waals surface area contributed by atoms with Crippen LogP contribution in [-0.4, -0.2) is 15.0 Å². The number of anilines is 1. The molecule has 2 N–H and O–H groups in total. The van der Waals surface area contributed by atoms with Crippen LogP contribution in [0.2, 0.25) is 0 Å². The highest BCUT2D eigenvalue weighted by atomic mass is 14.9. The zero-order valence-electron chi connectivity index (χ0n) is 9.96. The number of nitrogens with two attached hydrogens (primary N) is 1. The summed E-state index contributed by atoms with van der Waals surface area (Å²) in [4.78, 5) is 12.5. The van der Waals surface area contributed by atoms with Crippen LogP contribution in [-0.2, 0) is 0 Å². The molecule has 0 fully saturated rings. The van der Waals surface area contributed by atoms with Crippen LogP contribution in [0.3, 0.4) is 0 Å². The summed E-state index contributed by atoms with van der Waals surface area (Å²) in [6, 6.07) is 7.90. The molecule has 4 heteroatoms. The monoisotopic (exact) mass is 236 g/mol. The number of fused-ring (bicyclic) bond motifs is 1. The lowest BCUT2D eigenvalue weighted by Crippen LogP contribution is -1.91. The molecule has 4 nitrogen and oxygen atoms in total. The van der Waals surface area contributed by atoms with Gasteiger partial charge in [-0.05, 0) is 36.2 Å². The van der Waals surface area contributed by atoms with Crippen LogP contribution >= 0.6 is 0 Å². The Morgan fingerprint density at radius 3 is 2.83 bits per heavy atom. The normalized spacial score (nSPS) is 10.7. The van der Waals surface area contributed by atoms with Gasteiger partial charge in [0.2, 0.25) is 0 Å². The minimum Gasteiger partial charge on any atom is -0.399 e. The van der Waals surface area contributed by atoms with Crippen LogP contribution in [0.5, 0.6) is 0 Å². The molecule has 88 valence electrons. The third-order valence-electron chi connectivity index (χ3n) is 2.93. The Morgan fingerprint density at radius 2 is 1.94 bits per heavy atom. The van der Waals surface area contributed by atoms with E-state index in [2.05, 4.69) is 21.9 Å². The molecule has 0 atom stereocenters. The van der Waals surface area contributed by atoms with Crippen LogP contribution in [0.25, 0.3) is 22.2 Å². The molecule has 0 aliphatic carbocycles. The maximum absolute atomic E-state index is 5.83. The molecule has 3 rings (SSSR count). The van der Waals surface area contributed by atoms with Crippen molar-refractivity contribution in [2.45, 2.75) is 6.92 Å². The van der Waals surface area contributed by atoms with Gasteiger partial charge in [0.25, 0.3) is 0 Å². The van der Waals surface area contributed by atoms with E-state index in [0.29, 0.717) is 5.65 Å². The van der Waals surface area contributed by atoms with Gasteiger partial charge in [-0.2, -0.15) is 0 Å². The molecule has 3 aromatic rings. The SMILES string of the molecule is Cc1ccc(N)cc1-c1cnc2ncncc2c1. The van der Waals surface area contributed by atoms with Crippen molar-refractivity contribution in [3.63, 3.8) is 0 Å². The van der Waals surface area contributed by atoms with Gasteiger partial charge in [0.05, 0.1) is 0 Å². The highest BCUT2D eigenvalue weighted by Gasteiger charge is 2.05. The number of aryl methyl sites for hydroxylation is 1. The number of hydrogen-bond donors (Lipinski definition) is 1. The van der Waals surface area contributed by atoms with Crippen molar-refractivity contribution in [1.82, 2.24) is 15.0 Å². The predicted octanol–water partition coefficient (Wildman–Crippen LogP) is 2.58. The Hall–Kier alpha value is -2.49. The summed E-state index contributed by atoms with van der Waals surface area (Å²) in [5, 5.41) is 0.928. The number of pyridine rings is 1. The van der Waals surface area contributed by atoms with E-state index in [-0.39, 0.29) is 0 Å². The molecule has 18 heavy (non-hydrogen) atoms. The van der Waals surface area contributed by atoms with E-state index in [0.717, 1.165) is 22.2 Å². The Morgan fingerprint density at radius 1 is 1.06 bits per heavy atom. The van der Waals surface area contributed by atoms with Gasteiger partial charge in [-0.1, -0.05) is 6.07 Å². The fourth-order valence-corrected chi connectivity index (χ4v) is 1.98. The molecule has 0 radical (unpaired) electrons. The number of nitrogens with zero attached hydrogens (tertiary/aromatic N) is 3. The molecule has 0 saturated carbocycles. The van der Waals surface area contributed by atoms with Gasteiger partial charge in [0.15, 0.2) is 5.65 Å². The van der Waals surface area contributed by atoms with E-state index >= 15 is 0 Å². The van der Waals surface area contributed by atoms with E-state index in [4.69, 9.17) is 5.73 Å². The summed E-state index contributed by atoms with van der Waals surface area (Å²) in [7, 11) is 0. The first-order valence-corrected chi connectivity index (χ1v) is 5.66. The summed E-state index contributed by atoms with van der Waals surface area (Å²) < 4.78 is 0. The smallest absolute Gasteiger partial charge is 0.162 e. The first-order chi connectivity index (χ1) is 8.74. The predicted molar refractivity (Wildman–Crippen MR) is 71.9 cm³/mol. The molecular weight excluding hydrogens is 224 g/mol. The standard InChI is InChI=1S/C14H12N4/c1-9-2-3-12(15)5-13(9)10-4-11-6-16-8-18-14(11)17-7-10/h2-8H,15H2,1H3. The molecular formula is C14H12N4. The van der Waals surface area contributed by atoms with Crippen LogP contribution in [0.1, 0.15) is 5.56 Å². The van der Waals surface area contributed by atoms with Crippen molar-refractivity contribution in [3.8, 4) is 11.1 Å². The summed E-state index contributed by atoms with van der Waals surface area (Å²) in [5.41, 5.74) is 10.6. The highest BCUT2D eigenvalue weighted by Crippen LogP contribution is 2.26. The molecule has 2 heterocycles. The zero-order chi connectivity index (χ0) is 12.5. The Balaban J connectivity index is 2.22. The lowest BCUT2D eigenvalue weighted by molar-refractivity contribution is 1.18. The van der Waals surface area contributed by atoms with Gasteiger partial charge >= 0.3 is 0 Å². The van der Waals surface area contributed by atoms with Gasteiger partial charge < -0.3 is 5.73 Å². The summed E-state index contributed by atoms with van der Waals surface area (Å²) in [6.07, 6.45) is 5.08. The second kappa shape index (κ2) is 4.07. The lowest BCUT2D eigenvalue weighted by Gasteiger charge is -2.07. The van der Waals surface area contributed by atoms with Crippen molar-refractivity contribution >= 4 is 16.7 Å². The number of benzene rings is 1. The summed E-state index contributed by atoms with van der Waals surface area (Å²) in [6.45, 7) is 2.06. The molecule has 0 aliphatic rings. The molecule has 0 spiro atoms. The number of aromatic nitrogens is 3. The van der Waals surface area contributed by atoms with Crippen molar-refractivity contribution in [3.05, 3.63) is 48.5 Å². The molecule has 0 saturated heterocycles. The van der Waals surface area contributed by atoms with Crippen LogP contribution in [0, 0.1) is 6.92 Å². The molecule has 0 unspecified atom stereocenters. The number of nitrogen functional groups attached to an aromatic ring is 1. The molecule has 0 bridgehead atoms. The average molecular weight is 236 g/mol. The van der Waals surface area contributed by atoms with Gasteiger partial charge in [0.1, 0.15) is 6.33 Å². The van der Waals surface area contributed by atoms with E-state index in [1.54, 1.807) is 6.20 Å². The van der Waals surface area contributed by atoms with Crippen LogP contribution in [0.15, 0.2) is 43.0 Å². The molecule has 0 amide bonds. The molecule has 0 aliphatic heterocycles. The Bertz CT molecular complexity index is 722. The van der Waals surface area contributed by atoms with Crippen LogP contribution < -0.4 is 5.73 Å². The average Bonchev–Trinajstić information content (AvgIpc) is 2.41. The topological polar surface area (TPSA) is 64.7 Å². The number of hydrogen-bond acceptors (Lipinski definition) is 4. The van der Waals surface area contributed by atoms with E-state index < -0.39 is 0 Å². The largest absolute Gasteiger partial charge is 0.399 e. The van der Waals surface area contributed by atoms with Gasteiger partial charge in [-0.25, -0.2) is 15.0 Å². The second-order valence-corrected chi connectivity index (χ2v) is 4.23. The zero-order valence-corrected chi connectivity index (χ0v) is 9.96. The maximum Gasteiger partial charge on any atom is 0.162 e. The van der Waals surface area contributed by atoms with Gasteiger partial charge in [-0.3, -0.25) is 0 Å². The molecule has 1 aromatic carbocycles. The Kier molecular flexibility index (Phi) is 2.41. The highest BCUT2D eigenvalue weighted by molar-refractivity contribution is 5.81. The minimum atomic E-state index is 0.704. The number of rotatable bonds is 1. The van der Waals surface area contributed by atoms with Crippen molar-refractivity contribution < 1.29 is 0 Å². The van der Waals surface area contributed by atoms with E-state index in [1.807, 2.05) is 30.5 Å². The third-order valence-corrected chi connectivity index (χ3v) is 2.93. The van der Waals surface area contributed by atoms with Gasteiger partial charge in [-0.15, -0.1) is 0 Å². The van der Waals surface area contributed by atoms with Crippen molar-refractivity contribution in [1.29, 1.82) is 0 Å². The summed E-state index contributed by atoms with van der Waals surface area (Å²) >= 11 is 0. The van der Waals surface area contributed by atoms with E-state index in [9.17, 15) is 0 Å². The lowest BCUT2D eigenvalue weighted by atomic mass is 10.0. The quantitative estimate of drug-likeness (QED) is 0.659. The second-order valence-electron chi connectivity index (χ2n) is 4.23. The van der Waals surface area contributed by atoms with Crippen molar-refractivity contribution in [2.75, 3.05) is 5.73 Å². The maximum atomic E-state index is 5.83. The van der Waals surface area contributed by atoms with E-state index in [1.165, 1.54) is 11.9 Å².